The van der Waals surface area contributed by atoms with E-state index in [2.05, 4.69) is 0 Å². The van der Waals surface area contributed by atoms with Crippen molar-refractivity contribution in [3.05, 3.63) is 34.2 Å². The molecule has 1 fully saturated rings. The second-order valence-corrected chi connectivity index (χ2v) is 4.85. The molecule has 0 atom stereocenters. The second kappa shape index (κ2) is 5.70. The summed E-state index contributed by atoms with van der Waals surface area (Å²) in [7, 11) is 0. The average molecular weight is 286 g/mol. The summed E-state index contributed by atoms with van der Waals surface area (Å²) in [5.74, 6) is -3.56. The number of rotatable bonds is 2. The van der Waals surface area contributed by atoms with Gasteiger partial charge in [0.25, 0.3) is 11.5 Å². The van der Waals surface area contributed by atoms with Gasteiger partial charge in [-0.05, 0) is 13.0 Å². The summed E-state index contributed by atoms with van der Waals surface area (Å²) in [4.78, 5) is 24.9. The van der Waals surface area contributed by atoms with Gasteiger partial charge in [-0.15, -0.1) is 0 Å². The van der Waals surface area contributed by atoms with Crippen LogP contribution in [-0.4, -0.2) is 47.6 Å². The lowest BCUT2D eigenvalue weighted by Crippen LogP contribution is -2.43. The molecule has 0 N–H and O–H groups in total. The molecule has 0 unspecified atom stereocenters. The molecule has 110 valence electrons. The summed E-state index contributed by atoms with van der Waals surface area (Å²) in [6, 6.07) is 3.28. The maximum atomic E-state index is 13.4. The van der Waals surface area contributed by atoms with Crippen LogP contribution >= 0.6 is 0 Å². The van der Waals surface area contributed by atoms with Crippen molar-refractivity contribution in [3.8, 4) is 0 Å². The molecule has 0 aliphatic carbocycles. The molecular formula is C13H16F2N2O3. The minimum Gasteiger partial charge on any atom is -0.373 e. The molecule has 0 aromatic carbocycles. The molecule has 1 aromatic rings. The van der Waals surface area contributed by atoms with E-state index in [0.29, 0.717) is 5.56 Å². The van der Waals surface area contributed by atoms with Gasteiger partial charge in [0.2, 0.25) is 5.91 Å². The highest BCUT2D eigenvalue weighted by Crippen LogP contribution is 2.18. The Hall–Kier alpha value is -1.76. The summed E-state index contributed by atoms with van der Waals surface area (Å²) in [6.45, 7) is 0.223. The monoisotopic (exact) mass is 286 g/mol. The van der Waals surface area contributed by atoms with Gasteiger partial charge in [-0.25, -0.2) is 8.78 Å². The quantitative estimate of drug-likeness (QED) is 0.802. The number of hydrogen-bond donors (Lipinski definition) is 0. The highest BCUT2D eigenvalue weighted by molar-refractivity contribution is 5.76. The smallest absolute Gasteiger partial charge is 0.288 e. The van der Waals surface area contributed by atoms with Crippen LogP contribution in [0, 0.1) is 6.92 Å². The van der Waals surface area contributed by atoms with E-state index in [4.69, 9.17) is 4.74 Å². The highest BCUT2D eigenvalue weighted by Gasteiger charge is 2.36. The van der Waals surface area contributed by atoms with Gasteiger partial charge in [-0.3, -0.25) is 9.59 Å². The van der Waals surface area contributed by atoms with Gasteiger partial charge in [-0.1, -0.05) is 6.07 Å². The van der Waals surface area contributed by atoms with Crippen LogP contribution in [0.4, 0.5) is 8.78 Å². The van der Waals surface area contributed by atoms with Crippen molar-refractivity contribution in [2.24, 2.45) is 0 Å². The lowest BCUT2D eigenvalue weighted by Gasteiger charge is -2.23. The van der Waals surface area contributed by atoms with Crippen molar-refractivity contribution in [1.82, 2.24) is 9.47 Å². The number of hydrogen-bond acceptors (Lipinski definition) is 3. The molecule has 1 aliphatic rings. The predicted octanol–water partition coefficient (Wildman–Crippen LogP) is 0.651. The van der Waals surface area contributed by atoms with E-state index in [1.165, 1.54) is 10.8 Å². The highest BCUT2D eigenvalue weighted by atomic mass is 19.3. The first-order chi connectivity index (χ1) is 9.39. The van der Waals surface area contributed by atoms with E-state index in [1.54, 1.807) is 19.1 Å². The topological polar surface area (TPSA) is 51.5 Å². The van der Waals surface area contributed by atoms with E-state index in [1.807, 2.05) is 0 Å². The summed E-state index contributed by atoms with van der Waals surface area (Å²) in [6.07, 6.45) is 1.47. The molecule has 7 heteroatoms. The van der Waals surface area contributed by atoms with E-state index >= 15 is 0 Å². The number of carbonyl (C=O) groups is 1. The van der Waals surface area contributed by atoms with Crippen LogP contribution in [0.2, 0.25) is 0 Å². The third kappa shape index (κ3) is 3.41. The van der Waals surface area contributed by atoms with E-state index in [-0.39, 0.29) is 25.3 Å². The van der Waals surface area contributed by atoms with Gasteiger partial charge < -0.3 is 14.2 Å². The Kier molecular flexibility index (Phi) is 4.17. The van der Waals surface area contributed by atoms with Crippen LogP contribution in [0.25, 0.3) is 0 Å². The molecule has 1 aliphatic heterocycles. The Balaban J connectivity index is 2.11. The first kappa shape index (κ1) is 14.6. The number of amides is 1. The first-order valence-corrected chi connectivity index (χ1v) is 6.28. The van der Waals surface area contributed by atoms with Crippen molar-refractivity contribution >= 4 is 5.91 Å². The third-order valence-electron chi connectivity index (χ3n) is 3.11. The number of ether oxygens (including phenoxy) is 1. The van der Waals surface area contributed by atoms with E-state index in [9.17, 15) is 18.4 Å². The third-order valence-corrected chi connectivity index (χ3v) is 3.11. The SMILES string of the molecule is Cc1cccn(CC(=O)N2CCOCC(F)(F)C2)c1=O. The molecule has 0 spiro atoms. The molecule has 20 heavy (non-hydrogen) atoms. The summed E-state index contributed by atoms with van der Waals surface area (Å²) in [5.41, 5.74) is 0.212. The van der Waals surface area contributed by atoms with Crippen LogP contribution in [0.15, 0.2) is 23.1 Å². The minimum atomic E-state index is -3.05. The molecule has 0 saturated carbocycles. The normalized spacial score (nSPS) is 18.6. The molecule has 2 rings (SSSR count). The molecule has 5 nitrogen and oxygen atoms in total. The second-order valence-electron chi connectivity index (χ2n) is 4.85. The molecule has 1 aromatic heterocycles. The van der Waals surface area contributed by atoms with E-state index in [0.717, 1.165) is 4.90 Å². The van der Waals surface area contributed by atoms with Gasteiger partial charge in [0.15, 0.2) is 0 Å². The predicted molar refractivity (Wildman–Crippen MR) is 67.8 cm³/mol. The van der Waals surface area contributed by atoms with Crippen molar-refractivity contribution < 1.29 is 18.3 Å². The first-order valence-electron chi connectivity index (χ1n) is 6.28. The number of aryl methyl sites for hydroxylation is 1. The summed E-state index contributed by atoms with van der Waals surface area (Å²) < 4.78 is 32.7. The zero-order chi connectivity index (χ0) is 14.8. The van der Waals surface area contributed by atoms with Crippen molar-refractivity contribution in [3.63, 3.8) is 0 Å². The molecule has 1 amide bonds. The van der Waals surface area contributed by atoms with E-state index < -0.39 is 25.0 Å². The number of pyridine rings is 1. The molecule has 0 bridgehead atoms. The van der Waals surface area contributed by atoms with Crippen LogP contribution in [0.1, 0.15) is 5.56 Å². The summed E-state index contributed by atoms with van der Waals surface area (Å²) >= 11 is 0. The van der Waals surface area contributed by atoms with Crippen LogP contribution in [0.3, 0.4) is 0 Å². The van der Waals surface area contributed by atoms with Gasteiger partial charge in [-0.2, -0.15) is 0 Å². The molecule has 0 radical (unpaired) electrons. The minimum absolute atomic E-state index is 0.0735. The van der Waals surface area contributed by atoms with Gasteiger partial charge in [0, 0.05) is 18.3 Å². The maximum Gasteiger partial charge on any atom is 0.288 e. The average Bonchev–Trinajstić information content (AvgIpc) is 2.56. The largest absolute Gasteiger partial charge is 0.373 e. The molecule has 2 heterocycles. The standard InChI is InChI=1S/C13H16F2N2O3/c1-10-3-2-4-16(12(10)19)7-11(18)17-5-6-20-9-13(14,15)8-17/h2-4H,5-9H2,1H3. The zero-order valence-electron chi connectivity index (χ0n) is 11.1. The van der Waals surface area contributed by atoms with Crippen LogP contribution in [-0.2, 0) is 16.1 Å². The van der Waals surface area contributed by atoms with Crippen LogP contribution in [0.5, 0.6) is 0 Å². The molecular weight excluding hydrogens is 270 g/mol. The number of alkyl halides is 2. The summed E-state index contributed by atoms with van der Waals surface area (Å²) in [5, 5.41) is 0. The van der Waals surface area contributed by atoms with Crippen molar-refractivity contribution in [2.45, 2.75) is 19.4 Å². The Labute approximate surface area is 114 Å². The lowest BCUT2D eigenvalue weighted by molar-refractivity contribution is -0.136. The van der Waals surface area contributed by atoms with Gasteiger partial charge >= 0.3 is 0 Å². The maximum absolute atomic E-state index is 13.4. The van der Waals surface area contributed by atoms with Gasteiger partial charge in [0.05, 0.1) is 13.2 Å². The fraction of sp³-hybridized carbons (Fsp3) is 0.538. The Morgan fingerprint density at radius 1 is 1.50 bits per heavy atom. The van der Waals surface area contributed by atoms with Crippen molar-refractivity contribution in [2.75, 3.05) is 26.3 Å². The molecule has 1 saturated heterocycles. The van der Waals surface area contributed by atoms with Gasteiger partial charge in [0.1, 0.15) is 13.2 Å². The Morgan fingerprint density at radius 2 is 2.25 bits per heavy atom. The number of halogens is 2. The number of carbonyl (C=O) groups excluding carboxylic acids is 1. The van der Waals surface area contributed by atoms with Crippen molar-refractivity contribution in [1.29, 1.82) is 0 Å². The number of aromatic nitrogens is 1. The lowest BCUT2D eigenvalue weighted by atomic mass is 10.3. The van der Waals surface area contributed by atoms with Crippen LogP contribution < -0.4 is 5.56 Å². The number of nitrogens with zero attached hydrogens (tertiary/aromatic N) is 2. The zero-order valence-corrected chi connectivity index (χ0v) is 11.1. The Morgan fingerprint density at radius 3 is 3.00 bits per heavy atom. The fourth-order valence-corrected chi connectivity index (χ4v) is 2.04. The fourth-order valence-electron chi connectivity index (χ4n) is 2.04. The Bertz CT molecular complexity index is 557.